The largest absolute Gasteiger partial charge is 0.456 e. The zero-order valence-electron chi connectivity index (χ0n) is 67.8. The topological polar surface area (TPSA) is 142 Å². The van der Waals surface area contributed by atoms with E-state index >= 15 is 0 Å². The fourth-order valence-corrected chi connectivity index (χ4v) is 16.6. The first-order chi connectivity index (χ1) is 61.1. The van der Waals surface area contributed by atoms with Gasteiger partial charge in [-0.2, -0.15) is 0 Å². The van der Waals surface area contributed by atoms with Gasteiger partial charge < -0.3 is 4.42 Å². The van der Waals surface area contributed by atoms with Gasteiger partial charge in [0, 0.05) is 82.9 Å². The van der Waals surface area contributed by atoms with Crippen LogP contribution in [0.5, 0.6) is 0 Å². The number of nitrogens with zero attached hydrogens (tertiary/aromatic N) is 10. The molecular formula is C113H76N10O. The van der Waals surface area contributed by atoms with Gasteiger partial charge in [0.05, 0.1) is 22.8 Å². The van der Waals surface area contributed by atoms with Gasteiger partial charge in [-0.3, -0.25) is 0 Å². The molecule has 0 N–H and O–H groups in total. The van der Waals surface area contributed by atoms with Crippen molar-refractivity contribution >= 4 is 21.9 Å². The van der Waals surface area contributed by atoms with Crippen LogP contribution in [0.25, 0.3) is 214 Å². The first-order valence-electron chi connectivity index (χ1n) is 41.6. The van der Waals surface area contributed by atoms with Gasteiger partial charge in [0.25, 0.3) is 0 Å². The van der Waals surface area contributed by atoms with Crippen molar-refractivity contribution in [2.45, 2.75) is 19.3 Å². The molecule has 0 atom stereocenters. The number of hydrogen-bond acceptors (Lipinski definition) is 11. The zero-order chi connectivity index (χ0) is 82.9. The third kappa shape index (κ3) is 15.2. The fraction of sp³-hybridized carbons (Fsp3) is 0.0265. The number of furan rings is 1. The van der Waals surface area contributed by atoms with Gasteiger partial charge in [-0.25, -0.2) is 49.8 Å². The van der Waals surface area contributed by atoms with Gasteiger partial charge >= 0.3 is 0 Å². The van der Waals surface area contributed by atoms with E-state index in [1.165, 1.54) is 22.3 Å². The van der Waals surface area contributed by atoms with Crippen LogP contribution in [0.4, 0.5) is 0 Å². The minimum atomic E-state index is -0.165. The Morgan fingerprint density at radius 2 is 0.427 bits per heavy atom. The van der Waals surface area contributed by atoms with Crippen molar-refractivity contribution in [3.8, 4) is 192 Å². The number of benzene rings is 16. The molecule has 0 fully saturated rings. The Morgan fingerprint density at radius 3 is 0.855 bits per heavy atom. The van der Waals surface area contributed by atoms with Gasteiger partial charge in [-0.15, -0.1) is 0 Å². The van der Waals surface area contributed by atoms with Crippen molar-refractivity contribution < 1.29 is 4.42 Å². The molecule has 0 spiro atoms. The number of fused-ring (bicyclic) bond motifs is 6. The molecule has 11 heteroatoms. The molecule has 16 aromatic carbocycles. The maximum Gasteiger partial charge on any atom is 0.164 e. The first-order valence-corrected chi connectivity index (χ1v) is 41.6. The van der Waals surface area contributed by atoms with E-state index in [1.54, 1.807) is 0 Å². The van der Waals surface area contributed by atoms with Crippen molar-refractivity contribution in [3.05, 3.63) is 436 Å². The standard InChI is InChI=1S/C58H39N5O.C55H37N5/c1-58(2)48-22-11-9-20-44(48)45-30-28-42(33-49(45)58)56-61-55(62-57(63-56)43-29-31-47-46-21-10-12-23-52(46)64-53(47)34-43)39-26-24-36(25-27-39)40-18-13-19-41(32-40)51-35-50(37-14-5-3-6-15-37)59-54(60-51)38-16-7-4-8-17-38;1-5-14-38(15-6-1)40-24-30-45(31-25-40)53-58-54(46-32-26-41(27-33-46)39-16-7-2-8-17-39)60-55(59-53)47-34-28-42(29-35-47)48-22-13-23-49(36-48)51-37-50(43-18-9-3-10-19-43)56-52(57-51)44-20-11-4-12-21-44/h3-35H,1-2H3;1-37H. The predicted molar refractivity (Wildman–Crippen MR) is 503 cm³/mol. The summed E-state index contributed by atoms with van der Waals surface area (Å²) in [7, 11) is 0. The molecule has 11 nitrogen and oxygen atoms in total. The van der Waals surface area contributed by atoms with Crippen LogP contribution in [-0.4, -0.2) is 49.8 Å². The molecule has 21 aromatic rings. The van der Waals surface area contributed by atoms with Crippen molar-refractivity contribution in [2.75, 3.05) is 0 Å². The van der Waals surface area contributed by atoms with Gasteiger partial charge in [-0.1, -0.05) is 390 Å². The van der Waals surface area contributed by atoms with Gasteiger partial charge in [0.1, 0.15) is 11.2 Å². The lowest BCUT2D eigenvalue weighted by molar-refractivity contribution is 0.660. The van der Waals surface area contributed by atoms with Crippen LogP contribution >= 0.6 is 0 Å². The van der Waals surface area contributed by atoms with E-state index < -0.39 is 0 Å². The zero-order valence-corrected chi connectivity index (χ0v) is 67.8. The quantitative estimate of drug-likeness (QED) is 0.0912. The second kappa shape index (κ2) is 32.7. The maximum absolute atomic E-state index is 6.31. The molecule has 0 radical (unpaired) electrons. The highest BCUT2D eigenvalue weighted by molar-refractivity contribution is 6.06. The molecule has 0 aliphatic heterocycles. The molecule has 584 valence electrons. The molecule has 0 unspecified atom stereocenters. The summed E-state index contributed by atoms with van der Waals surface area (Å²) in [5.41, 5.74) is 30.4. The summed E-state index contributed by atoms with van der Waals surface area (Å²) in [6.45, 7) is 4.59. The second-order valence-corrected chi connectivity index (χ2v) is 31.4. The van der Waals surface area contributed by atoms with Crippen LogP contribution in [0.15, 0.2) is 429 Å². The molecule has 5 heterocycles. The van der Waals surface area contributed by atoms with Crippen molar-refractivity contribution in [1.82, 2.24) is 49.8 Å². The van der Waals surface area contributed by atoms with Crippen molar-refractivity contribution in [2.24, 2.45) is 0 Å². The van der Waals surface area contributed by atoms with Crippen LogP contribution in [0.3, 0.4) is 0 Å². The molecule has 1 aliphatic rings. The summed E-state index contributed by atoms with van der Waals surface area (Å²) < 4.78 is 6.31. The van der Waals surface area contributed by atoms with E-state index in [4.69, 9.17) is 54.3 Å². The molecule has 0 saturated heterocycles. The Hall–Kier alpha value is -16.5. The minimum absolute atomic E-state index is 0.165. The average Bonchev–Trinajstić information content (AvgIpc) is 1.59. The molecular weight excluding hydrogens is 1510 g/mol. The lowest BCUT2D eigenvalue weighted by Crippen LogP contribution is -2.15. The molecule has 22 rings (SSSR count). The number of hydrogen-bond donors (Lipinski definition) is 0. The number of para-hydroxylation sites is 1. The van der Waals surface area contributed by atoms with E-state index in [9.17, 15) is 0 Å². The van der Waals surface area contributed by atoms with Crippen LogP contribution < -0.4 is 0 Å². The SMILES string of the molecule is CC1(C)c2ccccc2-c2ccc(-c3nc(-c4ccc(-c5cccc(-c6cc(-c7ccccc7)nc(-c7ccccc7)n6)c5)cc4)nc(-c4ccc5c(c4)oc4ccccc45)n3)cc21.c1ccc(-c2ccc(-c3nc(-c4ccc(-c5ccccc5)cc4)nc(-c4ccc(-c5cccc(-c6cc(-c7ccccc7)nc(-c7ccccc7)n6)c5)cc4)n3)cc2)cc1. The van der Waals surface area contributed by atoms with Gasteiger partial charge in [0.15, 0.2) is 46.6 Å². The third-order valence-electron chi connectivity index (χ3n) is 23.2. The summed E-state index contributed by atoms with van der Waals surface area (Å²) in [4.78, 5) is 50.7. The summed E-state index contributed by atoms with van der Waals surface area (Å²) in [5, 5.41) is 2.14. The minimum Gasteiger partial charge on any atom is -0.456 e. The Balaban J connectivity index is 0.000000152. The summed E-state index contributed by atoms with van der Waals surface area (Å²) in [5.74, 6) is 5.02. The summed E-state index contributed by atoms with van der Waals surface area (Å²) >= 11 is 0. The molecule has 0 bridgehead atoms. The van der Waals surface area contributed by atoms with E-state index in [2.05, 4.69) is 317 Å². The Morgan fingerprint density at radius 1 is 0.161 bits per heavy atom. The summed E-state index contributed by atoms with van der Waals surface area (Å²) in [6, 6.07) is 146. The molecule has 124 heavy (non-hydrogen) atoms. The van der Waals surface area contributed by atoms with Crippen LogP contribution in [0.1, 0.15) is 25.0 Å². The summed E-state index contributed by atoms with van der Waals surface area (Å²) in [6.07, 6.45) is 0. The molecule has 5 aromatic heterocycles. The van der Waals surface area contributed by atoms with Crippen LogP contribution in [-0.2, 0) is 5.41 Å². The van der Waals surface area contributed by atoms with Crippen LogP contribution in [0.2, 0.25) is 0 Å². The Kier molecular flexibility index (Phi) is 19.8. The predicted octanol–water partition coefficient (Wildman–Crippen LogP) is 28.2. The van der Waals surface area contributed by atoms with Crippen LogP contribution in [0, 0.1) is 0 Å². The van der Waals surface area contributed by atoms with Gasteiger partial charge in [0.2, 0.25) is 0 Å². The monoisotopic (exact) mass is 1590 g/mol. The van der Waals surface area contributed by atoms with E-state index in [0.717, 1.165) is 156 Å². The molecule has 0 saturated carbocycles. The van der Waals surface area contributed by atoms with E-state index in [-0.39, 0.29) is 5.41 Å². The Bertz CT molecular complexity index is 7290. The third-order valence-corrected chi connectivity index (χ3v) is 23.2. The second-order valence-electron chi connectivity index (χ2n) is 31.4. The highest BCUT2D eigenvalue weighted by atomic mass is 16.3. The first kappa shape index (κ1) is 75.0. The lowest BCUT2D eigenvalue weighted by Gasteiger charge is -2.21. The van der Waals surface area contributed by atoms with Gasteiger partial charge in [-0.05, 0) is 115 Å². The smallest absolute Gasteiger partial charge is 0.164 e. The van der Waals surface area contributed by atoms with Crippen molar-refractivity contribution in [1.29, 1.82) is 0 Å². The average molecular weight is 1590 g/mol. The fourth-order valence-electron chi connectivity index (χ4n) is 16.6. The van der Waals surface area contributed by atoms with E-state index in [1.807, 2.05) is 121 Å². The normalized spacial score (nSPS) is 11.9. The Labute approximate surface area is 718 Å². The van der Waals surface area contributed by atoms with Crippen molar-refractivity contribution in [3.63, 3.8) is 0 Å². The highest BCUT2D eigenvalue weighted by Crippen LogP contribution is 2.50. The maximum atomic E-state index is 6.31. The number of rotatable bonds is 16. The highest BCUT2D eigenvalue weighted by Gasteiger charge is 2.36. The molecule has 0 amide bonds. The lowest BCUT2D eigenvalue weighted by atomic mass is 9.82. The molecule has 1 aliphatic carbocycles. The number of aromatic nitrogens is 10. The van der Waals surface area contributed by atoms with E-state index in [0.29, 0.717) is 46.6 Å².